The quantitative estimate of drug-likeness (QED) is 0.181. The van der Waals surface area contributed by atoms with E-state index in [4.69, 9.17) is 0 Å². The molecule has 8 aromatic carbocycles. The van der Waals surface area contributed by atoms with Crippen molar-refractivity contribution in [2.24, 2.45) is 0 Å². The van der Waals surface area contributed by atoms with E-state index in [1.165, 1.54) is 63.9 Å². The van der Waals surface area contributed by atoms with Crippen LogP contribution >= 0.6 is 11.3 Å². The van der Waals surface area contributed by atoms with Crippen LogP contribution in [0.15, 0.2) is 182 Å². The summed E-state index contributed by atoms with van der Waals surface area (Å²) in [5.74, 6) is 0. The molecule has 0 unspecified atom stereocenters. The van der Waals surface area contributed by atoms with Gasteiger partial charge in [0.05, 0.1) is 11.0 Å². The molecule has 2 aromatic heterocycles. The lowest BCUT2D eigenvalue weighted by molar-refractivity contribution is 1.18. The van der Waals surface area contributed by atoms with E-state index >= 15 is 0 Å². The van der Waals surface area contributed by atoms with Crippen LogP contribution in [0.1, 0.15) is 0 Å². The predicted molar refractivity (Wildman–Crippen MR) is 211 cm³/mol. The van der Waals surface area contributed by atoms with E-state index < -0.39 is 0 Å². The van der Waals surface area contributed by atoms with Crippen molar-refractivity contribution in [1.82, 2.24) is 4.57 Å². The Morgan fingerprint density at radius 1 is 0.388 bits per heavy atom. The highest BCUT2D eigenvalue weighted by atomic mass is 32.1. The Morgan fingerprint density at radius 2 is 1.02 bits per heavy atom. The number of hydrogen-bond acceptors (Lipinski definition) is 2. The van der Waals surface area contributed by atoms with Crippen LogP contribution in [0.5, 0.6) is 0 Å². The van der Waals surface area contributed by atoms with Gasteiger partial charge < -0.3 is 9.47 Å². The molecule has 0 aliphatic heterocycles. The summed E-state index contributed by atoms with van der Waals surface area (Å²) >= 11 is 1.86. The zero-order valence-corrected chi connectivity index (χ0v) is 27.4. The third-order valence-electron chi connectivity index (χ3n) is 9.74. The van der Waals surface area contributed by atoms with Gasteiger partial charge in [-0.1, -0.05) is 109 Å². The SMILES string of the molecule is c1ccc(-c2cccc(N(c3ccc4sc5ccccc5c4c3)c3ccc4c(c3)c3c5ccccc5ccc3n4-c3ccccc3)c2)cc1. The molecular formula is C46H30N2S. The average Bonchev–Trinajstić information content (AvgIpc) is 3.71. The number of rotatable bonds is 5. The Balaban J connectivity index is 1.26. The van der Waals surface area contributed by atoms with Gasteiger partial charge in [0.15, 0.2) is 0 Å². The van der Waals surface area contributed by atoms with Gasteiger partial charge in [-0.3, -0.25) is 0 Å². The summed E-state index contributed by atoms with van der Waals surface area (Å²) < 4.78 is 5.02. The molecule has 10 aromatic rings. The van der Waals surface area contributed by atoms with Crippen LogP contribution in [-0.4, -0.2) is 4.57 Å². The summed E-state index contributed by atoms with van der Waals surface area (Å²) in [5.41, 5.74) is 9.34. The second-order valence-electron chi connectivity index (χ2n) is 12.6. The van der Waals surface area contributed by atoms with Crippen molar-refractivity contribution in [1.29, 1.82) is 0 Å². The summed E-state index contributed by atoms with van der Waals surface area (Å²) in [5, 5.41) is 7.61. The van der Waals surface area contributed by atoms with Gasteiger partial charge in [-0.05, 0) is 94.7 Å². The molecule has 0 aliphatic rings. The van der Waals surface area contributed by atoms with Crippen molar-refractivity contribution in [2.75, 3.05) is 4.90 Å². The number of anilines is 3. The van der Waals surface area contributed by atoms with E-state index in [0.717, 1.165) is 22.7 Å². The number of aromatic nitrogens is 1. The first-order chi connectivity index (χ1) is 24.3. The maximum Gasteiger partial charge on any atom is 0.0547 e. The zero-order chi connectivity index (χ0) is 32.3. The Labute approximate surface area is 288 Å². The molecule has 0 saturated carbocycles. The third kappa shape index (κ3) is 4.55. The van der Waals surface area contributed by atoms with Crippen molar-refractivity contribution in [3.05, 3.63) is 182 Å². The summed E-state index contributed by atoms with van der Waals surface area (Å²) in [6.07, 6.45) is 0. The monoisotopic (exact) mass is 642 g/mol. The van der Waals surface area contributed by atoms with E-state index in [1.54, 1.807) is 0 Å². The van der Waals surface area contributed by atoms with Crippen molar-refractivity contribution < 1.29 is 0 Å². The summed E-state index contributed by atoms with van der Waals surface area (Å²) in [6.45, 7) is 0. The Bertz CT molecular complexity index is 2830. The number of thiophene rings is 1. The van der Waals surface area contributed by atoms with Gasteiger partial charge in [0, 0.05) is 53.7 Å². The number of hydrogen-bond donors (Lipinski definition) is 0. The normalized spacial score (nSPS) is 11.7. The van der Waals surface area contributed by atoms with Gasteiger partial charge in [-0.15, -0.1) is 11.3 Å². The number of nitrogens with zero attached hydrogens (tertiary/aromatic N) is 2. The minimum absolute atomic E-state index is 1.12. The molecule has 0 saturated heterocycles. The molecular weight excluding hydrogens is 613 g/mol. The van der Waals surface area contributed by atoms with E-state index in [-0.39, 0.29) is 0 Å². The first kappa shape index (κ1) is 27.9. The van der Waals surface area contributed by atoms with Crippen LogP contribution in [0.25, 0.3) is 69.6 Å². The molecule has 2 nitrogen and oxygen atoms in total. The predicted octanol–water partition coefficient (Wildman–Crippen LogP) is 13.4. The van der Waals surface area contributed by atoms with Crippen molar-refractivity contribution >= 4 is 81.1 Å². The van der Waals surface area contributed by atoms with E-state index in [9.17, 15) is 0 Å². The Morgan fingerprint density at radius 3 is 1.88 bits per heavy atom. The van der Waals surface area contributed by atoms with E-state index in [1.807, 2.05) is 11.3 Å². The van der Waals surface area contributed by atoms with Gasteiger partial charge in [-0.25, -0.2) is 0 Å². The Hall–Kier alpha value is -6.16. The molecule has 0 atom stereocenters. The third-order valence-corrected chi connectivity index (χ3v) is 10.9. The van der Waals surface area contributed by atoms with Crippen LogP contribution in [-0.2, 0) is 0 Å². The molecule has 0 aliphatic carbocycles. The molecule has 230 valence electrons. The molecule has 49 heavy (non-hydrogen) atoms. The van der Waals surface area contributed by atoms with Crippen LogP contribution in [0, 0.1) is 0 Å². The van der Waals surface area contributed by atoms with Crippen molar-refractivity contribution in [3.63, 3.8) is 0 Å². The lowest BCUT2D eigenvalue weighted by atomic mass is 10.0. The lowest BCUT2D eigenvalue weighted by Gasteiger charge is -2.26. The molecule has 2 heterocycles. The molecule has 0 fully saturated rings. The second kappa shape index (κ2) is 11.2. The maximum absolute atomic E-state index is 2.43. The fourth-order valence-electron chi connectivity index (χ4n) is 7.53. The van der Waals surface area contributed by atoms with Crippen LogP contribution in [0.4, 0.5) is 17.1 Å². The number of benzene rings is 8. The molecule has 0 bridgehead atoms. The van der Waals surface area contributed by atoms with Crippen LogP contribution in [0.3, 0.4) is 0 Å². The van der Waals surface area contributed by atoms with Gasteiger partial charge >= 0.3 is 0 Å². The minimum Gasteiger partial charge on any atom is -0.310 e. The highest BCUT2D eigenvalue weighted by molar-refractivity contribution is 7.25. The molecule has 0 amide bonds. The van der Waals surface area contributed by atoms with Crippen molar-refractivity contribution in [3.8, 4) is 16.8 Å². The smallest absolute Gasteiger partial charge is 0.0547 e. The fraction of sp³-hybridized carbons (Fsp3) is 0. The minimum atomic E-state index is 1.12. The fourth-order valence-corrected chi connectivity index (χ4v) is 8.61. The molecule has 10 rings (SSSR count). The zero-order valence-electron chi connectivity index (χ0n) is 26.6. The van der Waals surface area contributed by atoms with Gasteiger partial charge in [0.25, 0.3) is 0 Å². The van der Waals surface area contributed by atoms with Crippen molar-refractivity contribution in [2.45, 2.75) is 0 Å². The van der Waals surface area contributed by atoms with Gasteiger partial charge in [0.1, 0.15) is 0 Å². The van der Waals surface area contributed by atoms with E-state index in [0.29, 0.717) is 0 Å². The highest BCUT2D eigenvalue weighted by Crippen LogP contribution is 2.44. The molecule has 0 spiro atoms. The lowest BCUT2D eigenvalue weighted by Crippen LogP contribution is -2.10. The maximum atomic E-state index is 2.43. The summed E-state index contributed by atoms with van der Waals surface area (Å²) in [6, 6.07) is 66.2. The van der Waals surface area contributed by atoms with E-state index in [2.05, 4.69) is 191 Å². The summed E-state index contributed by atoms with van der Waals surface area (Å²) in [4.78, 5) is 2.43. The highest BCUT2D eigenvalue weighted by Gasteiger charge is 2.20. The molecule has 3 heteroatoms. The van der Waals surface area contributed by atoms with Gasteiger partial charge in [0.2, 0.25) is 0 Å². The largest absolute Gasteiger partial charge is 0.310 e. The first-order valence-electron chi connectivity index (χ1n) is 16.7. The average molecular weight is 643 g/mol. The second-order valence-corrected chi connectivity index (χ2v) is 13.7. The number of para-hydroxylation sites is 1. The number of fused-ring (bicyclic) bond motifs is 8. The first-order valence-corrected chi connectivity index (χ1v) is 17.5. The topological polar surface area (TPSA) is 8.17 Å². The summed E-state index contributed by atoms with van der Waals surface area (Å²) in [7, 11) is 0. The molecule has 0 N–H and O–H groups in total. The molecule has 0 radical (unpaired) electrons. The van der Waals surface area contributed by atoms with Crippen LogP contribution in [0.2, 0.25) is 0 Å². The Kier molecular flexibility index (Phi) is 6.39. The standard InChI is InChI=1S/C46H30N2S/c1-3-12-31(13-4-1)33-15-11-18-35(28-33)47(37-24-27-45-40(29-37)39-20-9-10-21-44(39)49-45)36-23-26-42-41(30-36)46-38-19-8-7-14-32(38)22-25-43(46)48(42)34-16-5-2-6-17-34/h1-30H. The van der Waals surface area contributed by atoms with Gasteiger partial charge in [-0.2, -0.15) is 0 Å². The van der Waals surface area contributed by atoms with Crippen LogP contribution < -0.4 is 4.90 Å².